The van der Waals surface area contributed by atoms with Crippen LogP contribution < -0.4 is 0 Å². The van der Waals surface area contributed by atoms with Gasteiger partial charge in [-0.3, -0.25) is 4.98 Å². The lowest BCUT2D eigenvalue weighted by Gasteiger charge is -2.37. The zero-order valence-corrected chi connectivity index (χ0v) is 22.9. The fraction of sp³-hybridized carbons (Fsp3) is 0.0811. The van der Waals surface area contributed by atoms with Crippen LogP contribution >= 0.6 is 0 Å². The van der Waals surface area contributed by atoms with Gasteiger partial charge in [0.1, 0.15) is 11.2 Å². The molecule has 7 rings (SSSR count). The standard InChI is InChI=1S/C37H30N4/c1-28-22-23-35-33(39-28)24-36(41(35)25-29-14-6-2-7-15-29)34-26-40(27-38-34)37(30-16-8-3-9-17-30,31-18-10-4-11-19-31)32-20-12-5-13-21-32/h2-24,26-27H,25H2,1H3. The molecule has 3 heterocycles. The van der Waals surface area contributed by atoms with Gasteiger partial charge in [-0.05, 0) is 47.4 Å². The van der Waals surface area contributed by atoms with Gasteiger partial charge in [0.2, 0.25) is 0 Å². The van der Waals surface area contributed by atoms with Gasteiger partial charge in [0.15, 0.2) is 0 Å². The molecule has 41 heavy (non-hydrogen) atoms. The van der Waals surface area contributed by atoms with E-state index in [2.05, 4.69) is 155 Å². The molecule has 7 aromatic rings. The van der Waals surface area contributed by atoms with Crippen molar-refractivity contribution < 1.29 is 0 Å². The number of benzene rings is 4. The van der Waals surface area contributed by atoms with Crippen molar-refractivity contribution in [2.75, 3.05) is 0 Å². The first-order chi connectivity index (χ1) is 20.2. The Labute approximate surface area is 240 Å². The van der Waals surface area contributed by atoms with Crippen molar-refractivity contribution >= 4 is 11.0 Å². The van der Waals surface area contributed by atoms with Gasteiger partial charge in [-0.2, -0.15) is 0 Å². The number of aryl methyl sites for hydroxylation is 1. The minimum atomic E-state index is -0.611. The molecule has 0 amide bonds. The molecule has 0 aliphatic rings. The van der Waals surface area contributed by atoms with Crippen molar-refractivity contribution in [1.29, 1.82) is 0 Å². The third kappa shape index (κ3) is 4.34. The normalized spacial score (nSPS) is 11.6. The average molecular weight is 531 g/mol. The number of hydrogen-bond acceptors (Lipinski definition) is 2. The topological polar surface area (TPSA) is 35.6 Å². The number of nitrogens with zero attached hydrogens (tertiary/aromatic N) is 4. The Kier molecular flexibility index (Phi) is 6.29. The van der Waals surface area contributed by atoms with E-state index < -0.39 is 5.54 Å². The van der Waals surface area contributed by atoms with Crippen LogP contribution in [0.3, 0.4) is 0 Å². The molecule has 0 fully saturated rings. The molecule has 0 radical (unpaired) electrons. The van der Waals surface area contributed by atoms with Crippen LogP contribution in [-0.2, 0) is 12.1 Å². The molecule has 0 aliphatic heterocycles. The minimum Gasteiger partial charge on any atom is -0.333 e. The molecule has 0 saturated heterocycles. The first kappa shape index (κ1) is 24.8. The lowest BCUT2D eigenvalue weighted by Crippen LogP contribution is -2.36. The zero-order valence-electron chi connectivity index (χ0n) is 22.9. The van der Waals surface area contributed by atoms with Gasteiger partial charge in [-0.15, -0.1) is 0 Å². The lowest BCUT2D eigenvalue weighted by atomic mass is 9.77. The second-order valence-electron chi connectivity index (χ2n) is 10.4. The summed E-state index contributed by atoms with van der Waals surface area (Å²) in [6, 6.07) is 49.1. The van der Waals surface area contributed by atoms with Crippen LogP contribution in [0.4, 0.5) is 0 Å². The number of fused-ring (bicyclic) bond motifs is 1. The lowest BCUT2D eigenvalue weighted by molar-refractivity contribution is 0.515. The highest BCUT2D eigenvalue weighted by Crippen LogP contribution is 2.41. The number of aromatic nitrogens is 4. The van der Waals surface area contributed by atoms with Gasteiger partial charge < -0.3 is 9.13 Å². The van der Waals surface area contributed by atoms with Crippen molar-refractivity contribution in [1.82, 2.24) is 19.1 Å². The Hall–Kier alpha value is -5.22. The molecule has 0 bridgehead atoms. The molecule has 0 atom stereocenters. The van der Waals surface area contributed by atoms with Crippen LogP contribution in [0.1, 0.15) is 27.9 Å². The number of pyridine rings is 1. The Balaban J connectivity index is 1.47. The molecule has 4 aromatic carbocycles. The Bertz CT molecular complexity index is 1810. The summed E-state index contributed by atoms with van der Waals surface area (Å²) < 4.78 is 4.60. The summed E-state index contributed by atoms with van der Waals surface area (Å²) in [5.41, 5.74) is 9.17. The third-order valence-electron chi connectivity index (χ3n) is 7.89. The van der Waals surface area contributed by atoms with Gasteiger partial charge in [-0.25, -0.2) is 4.98 Å². The van der Waals surface area contributed by atoms with E-state index in [0.717, 1.165) is 34.7 Å². The van der Waals surface area contributed by atoms with Gasteiger partial charge in [0.25, 0.3) is 0 Å². The van der Waals surface area contributed by atoms with Crippen LogP contribution in [0.5, 0.6) is 0 Å². The summed E-state index contributed by atoms with van der Waals surface area (Å²) in [6.07, 6.45) is 4.17. The summed E-state index contributed by atoms with van der Waals surface area (Å²) in [6.45, 7) is 2.77. The van der Waals surface area contributed by atoms with Crippen molar-refractivity contribution in [3.8, 4) is 11.4 Å². The Morgan fingerprint density at radius 2 is 1.17 bits per heavy atom. The van der Waals surface area contributed by atoms with E-state index >= 15 is 0 Å². The van der Waals surface area contributed by atoms with E-state index in [0.29, 0.717) is 0 Å². The van der Waals surface area contributed by atoms with E-state index in [1.54, 1.807) is 0 Å². The van der Waals surface area contributed by atoms with Crippen LogP contribution in [0.2, 0.25) is 0 Å². The first-order valence-corrected chi connectivity index (χ1v) is 14.0. The van der Waals surface area contributed by atoms with Crippen LogP contribution in [-0.4, -0.2) is 19.1 Å². The van der Waals surface area contributed by atoms with E-state index in [9.17, 15) is 0 Å². The molecular formula is C37H30N4. The molecule has 198 valence electrons. The van der Waals surface area contributed by atoms with Crippen molar-refractivity contribution in [2.45, 2.75) is 19.0 Å². The largest absolute Gasteiger partial charge is 0.333 e. The van der Waals surface area contributed by atoms with E-state index in [1.807, 2.05) is 13.3 Å². The fourth-order valence-corrected chi connectivity index (χ4v) is 6.01. The summed E-state index contributed by atoms with van der Waals surface area (Å²) in [5, 5.41) is 0. The van der Waals surface area contributed by atoms with Crippen LogP contribution in [0.15, 0.2) is 152 Å². The van der Waals surface area contributed by atoms with E-state index in [-0.39, 0.29) is 0 Å². The van der Waals surface area contributed by atoms with Crippen LogP contribution in [0, 0.1) is 6.92 Å². The highest BCUT2D eigenvalue weighted by molar-refractivity contribution is 5.83. The number of imidazole rings is 1. The molecule has 4 heteroatoms. The minimum absolute atomic E-state index is 0.611. The van der Waals surface area contributed by atoms with Gasteiger partial charge >= 0.3 is 0 Å². The Morgan fingerprint density at radius 1 is 0.634 bits per heavy atom. The first-order valence-electron chi connectivity index (χ1n) is 14.0. The third-order valence-corrected chi connectivity index (χ3v) is 7.89. The maximum absolute atomic E-state index is 5.06. The SMILES string of the molecule is Cc1ccc2c(cc(-c3cn(C(c4ccccc4)(c4ccccc4)c4ccccc4)cn3)n2Cc2ccccc2)n1. The summed E-state index contributed by atoms with van der Waals surface area (Å²) in [5.74, 6) is 0. The summed E-state index contributed by atoms with van der Waals surface area (Å²) in [4.78, 5) is 9.93. The molecule has 0 saturated carbocycles. The molecule has 0 unspecified atom stereocenters. The van der Waals surface area contributed by atoms with Gasteiger partial charge in [0, 0.05) is 18.4 Å². The summed E-state index contributed by atoms with van der Waals surface area (Å²) in [7, 11) is 0. The molecule has 0 spiro atoms. The van der Waals surface area contributed by atoms with Crippen molar-refractivity contribution in [3.05, 3.63) is 180 Å². The average Bonchev–Trinajstić information content (AvgIpc) is 3.65. The highest BCUT2D eigenvalue weighted by atomic mass is 15.1. The van der Waals surface area contributed by atoms with E-state index in [4.69, 9.17) is 9.97 Å². The number of hydrogen-bond donors (Lipinski definition) is 0. The molecular weight excluding hydrogens is 500 g/mol. The molecule has 3 aromatic heterocycles. The summed E-state index contributed by atoms with van der Waals surface area (Å²) >= 11 is 0. The second kappa shape index (κ2) is 10.4. The molecule has 4 nitrogen and oxygen atoms in total. The van der Waals surface area contributed by atoms with Gasteiger partial charge in [0.05, 0.1) is 23.1 Å². The maximum atomic E-state index is 5.06. The predicted molar refractivity (Wildman–Crippen MR) is 166 cm³/mol. The van der Waals surface area contributed by atoms with Crippen LogP contribution in [0.25, 0.3) is 22.4 Å². The van der Waals surface area contributed by atoms with E-state index in [1.165, 1.54) is 22.3 Å². The molecule has 0 aliphatic carbocycles. The zero-order chi connectivity index (χ0) is 27.6. The predicted octanol–water partition coefficient (Wildman–Crippen LogP) is 8.10. The smallest absolute Gasteiger partial charge is 0.121 e. The number of rotatable bonds is 7. The Morgan fingerprint density at radius 3 is 1.73 bits per heavy atom. The van der Waals surface area contributed by atoms with Crippen molar-refractivity contribution in [3.63, 3.8) is 0 Å². The maximum Gasteiger partial charge on any atom is 0.121 e. The highest BCUT2D eigenvalue weighted by Gasteiger charge is 2.38. The van der Waals surface area contributed by atoms with Gasteiger partial charge in [-0.1, -0.05) is 121 Å². The molecule has 0 N–H and O–H groups in total. The second-order valence-corrected chi connectivity index (χ2v) is 10.4. The fourth-order valence-electron chi connectivity index (χ4n) is 6.01. The van der Waals surface area contributed by atoms with Crippen molar-refractivity contribution in [2.24, 2.45) is 0 Å². The quantitative estimate of drug-likeness (QED) is 0.195. The monoisotopic (exact) mass is 530 g/mol.